The summed E-state index contributed by atoms with van der Waals surface area (Å²) in [5.74, 6) is -0.493. The Labute approximate surface area is 159 Å². The molecule has 0 aliphatic carbocycles. The largest absolute Gasteiger partial charge is 0.453 e. The summed E-state index contributed by atoms with van der Waals surface area (Å²) in [6.45, 7) is 1.11. The topological polar surface area (TPSA) is 109 Å². The van der Waals surface area contributed by atoms with Crippen LogP contribution in [0, 0.1) is 5.82 Å². The fourth-order valence-electron chi connectivity index (χ4n) is 3.58. The number of carbonyl (C=O) groups is 3. The highest BCUT2D eigenvalue weighted by molar-refractivity contribution is 5.90. The first-order chi connectivity index (χ1) is 13.4. The van der Waals surface area contributed by atoms with Gasteiger partial charge in [0.25, 0.3) is 0 Å². The van der Waals surface area contributed by atoms with Gasteiger partial charge in [-0.05, 0) is 18.2 Å². The molecule has 28 heavy (non-hydrogen) atoms. The smallest absolute Gasteiger partial charge is 0.414 e. The molecule has 3 unspecified atom stereocenters. The summed E-state index contributed by atoms with van der Waals surface area (Å²) in [5.41, 5.74) is 0.725. The summed E-state index contributed by atoms with van der Waals surface area (Å²) in [5, 5.41) is 5.15. The Hall–Kier alpha value is -3.24. The molecule has 0 saturated carbocycles. The molecule has 3 atom stereocenters. The molecule has 4 rings (SSSR count). The van der Waals surface area contributed by atoms with Crippen molar-refractivity contribution in [2.24, 2.45) is 0 Å². The fraction of sp³-hybridized carbons (Fsp3) is 0.471. The molecule has 1 aromatic carbocycles. The zero-order valence-corrected chi connectivity index (χ0v) is 15.0. The van der Waals surface area contributed by atoms with Crippen molar-refractivity contribution in [1.29, 1.82) is 0 Å². The zero-order valence-electron chi connectivity index (χ0n) is 15.0. The molecular weight excluding hydrogens is 375 g/mol. The number of benzene rings is 1. The fourth-order valence-corrected chi connectivity index (χ4v) is 3.58. The first-order valence-corrected chi connectivity index (χ1v) is 8.76. The number of halogens is 1. The molecule has 0 radical (unpaired) electrons. The number of fused-ring (bicyclic) bond motifs is 1. The number of anilines is 2. The second kappa shape index (κ2) is 7.06. The van der Waals surface area contributed by atoms with Crippen LogP contribution in [-0.4, -0.2) is 69.8 Å². The van der Waals surface area contributed by atoms with E-state index in [1.165, 1.54) is 18.1 Å². The van der Waals surface area contributed by atoms with Crippen molar-refractivity contribution < 1.29 is 33.0 Å². The van der Waals surface area contributed by atoms with Crippen molar-refractivity contribution in [3.05, 3.63) is 24.0 Å². The van der Waals surface area contributed by atoms with E-state index in [-0.39, 0.29) is 25.2 Å². The highest BCUT2D eigenvalue weighted by Gasteiger charge is 2.42. The summed E-state index contributed by atoms with van der Waals surface area (Å²) in [4.78, 5) is 37.5. The van der Waals surface area contributed by atoms with Gasteiger partial charge in [-0.15, -0.1) is 0 Å². The molecule has 0 bridgehead atoms. The monoisotopic (exact) mass is 394 g/mol. The maximum atomic E-state index is 14.7. The number of nitrogens with zero attached hydrogens (tertiary/aromatic N) is 2. The van der Waals surface area contributed by atoms with E-state index in [9.17, 15) is 18.8 Å². The third kappa shape index (κ3) is 3.35. The van der Waals surface area contributed by atoms with Gasteiger partial charge in [0, 0.05) is 6.54 Å². The van der Waals surface area contributed by atoms with Gasteiger partial charge in [-0.25, -0.2) is 18.8 Å². The molecular formula is C17H19FN4O6. The van der Waals surface area contributed by atoms with E-state index in [0.717, 1.165) is 0 Å². The maximum Gasteiger partial charge on any atom is 0.414 e. The molecule has 11 heteroatoms. The van der Waals surface area contributed by atoms with Crippen molar-refractivity contribution in [2.75, 3.05) is 43.1 Å². The van der Waals surface area contributed by atoms with Crippen molar-refractivity contribution in [2.45, 2.75) is 18.2 Å². The number of rotatable bonds is 4. The second-order valence-corrected chi connectivity index (χ2v) is 6.72. The molecule has 1 aromatic rings. The Morgan fingerprint density at radius 2 is 2.14 bits per heavy atom. The summed E-state index contributed by atoms with van der Waals surface area (Å²) < 4.78 is 29.5. The third-order valence-corrected chi connectivity index (χ3v) is 4.95. The number of cyclic esters (lactones) is 1. The van der Waals surface area contributed by atoms with Gasteiger partial charge in [0.05, 0.1) is 44.2 Å². The first-order valence-electron chi connectivity index (χ1n) is 8.76. The van der Waals surface area contributed by atoms with E-state index in [0.29, 0.717) is 24.5 Å². The van der Waals surface area contributed by atoms with Crippen LogP contribution in [0.2, 0.25) is 0 Å². The van der Waals surface area contributed by atoms with Crippen LogP contribution < -0.4 is 20.4 Å². The molecule has 150 valence electrons. The molecule has 3 fully saturated rings. The van der Waals surface area contributed by atoms with E-state index < -0.39 is 30.2 Å². The van der Waals surface area contributed by atoms with E-state index in [4.69, 9.17) is 9.47 Å². The molecule has 0 aromatic heterocycles. The van der Waals surface area contributed by atoms with Gasteiger partial charge < -0.3 is 29.7 Å². The summed E-state index contributed by atoms with van der Waals surface area (Å²) in [7, 11) is 1.24. The summed E-state index contributed by atoms with van der Waals surface area (Å²) in [6, 6.07) is 4.31. The second-order valence-electron chi connectivity index (χ2n) is 6.72. The van der Waals surface area contributed by atoms with Gasteiger partial charge in [-0.3, -0.25) is 4.90 Å². The van der Waals surface area contributed by atoms with Gasteiger partial charge in [-0.1, -0.05) is 0 Å². The molecule has 3 heterocycles. The summed E-state index contributed by atoms with van der Waals surface area (Å²) >= 11 is 0. The van der Waals surface area contributed by atoms with Crippen LogP contribution in [0.1, 0.15) is 0 Å². The number of amides is 3. The zero-order chi connectivity index (χ0) is 19.8. The number of carbonyl (C=O) groups excluding carboxylic acids is 3. The van der Waals surface area contributed by atoms with Crippen molar-refractivity contribution in [1.82, 2.24) is 10.6 Å². The molecule has 3 aliphatic rings. The lowest BCUT2D eigenvalue weighted by molar-refractivity contribution is 0.132. The Kier molecular flexibility index (Phi) is 4.57. The lowest BCUT2D eigenvalue weighted by Gasteiger charge is -2.21. The average molecular weight is 394 g/mol. The minimum atomic E-state index is -0.625. The number of methoxy groups -OCH3 is 1. The number of hydrogen-bond acceptors (Lipinski definition) is 7. The predicted octanol–water partition coefficient (Wildman–Crippen LogP) is 0.804. The number of ether oxygens (including phenoxy) is 3. The molecule has 3 saturated heterocycles. The SMILES string of the molecule is COC(=O)NCC1CN(c2ccc(N3CC4NC(=O)OC4C3)c(F)c2)C(=O)O1. The van der Waals surface area contributed by atoms with E-state index in [1.54, 1.807) is 17.0 Å². The van der Waals surface area contributed by atoms with Gasteiger partial charge in [0.1, 0.15) is 18.0 Å². The highest BCUT2D eigenvalue weighted by atomic mass is 19.1. The van der Waals surface area contributed by atoms with Gasteiger partial charge >= 0.3 is 18.3 Å². The average Bonchev–Trinajstić information content (AvgIpc) is 3.32. The molecule has 3 amide bonds. The first kappa shape index (κ1) is 18.1. The molecule has 10 nitrogen and oxygen atoms in total. The predicted molar refractivity (Wildman–Crippen MR) is 93.8 cm³/mol. The van der Waals surface area contributed by atoms with Gasteiger partial charge in [0.2, 0.25) is 0 Å². The number of nitrogens with one attached hydrogen (secondary N) is 2. The van der Waals surface area contributed by atoms with Gasteiger partial charge in [0.15, 0.2) is 0 Å². The Bertz CT molecular complexity index is 805. The van der Waals surface area contributed by atoms with E-state index in [1.807, 2.05) is 0 Å². The summed E-state index contributed by atoms with van der Waals surface area (Å²) in [6.07, 6.45) is -2.55. The van der Waals surface area contributed by atoms with Crippen LogP contribution >= 0.6 is 0 Å². The lowest BCUT2D eigenvalue weighted by Crippen LogP contribution is -2.34. The Morgan fingerprint density at radius 1 is 1.32 bits per heavy atom. The maximum absolute atomic E-state index is 14.7. The normalized spacial score (nSPS) is 25.9. The molecule has 3 aliphatic heterocycles. The van der Waals surface area contributed by atoms with Crippen LogP contribution in [0.15, 0.2) is 18.2 Å². The molecule has 2 N–H and O–H groups in total. The van der Waals surface area contributed by atoms with Crippen LogP contribution in [-0.2, 0) is 14.2 Å². The van der Waals surface area contributed by atoms with Crippen molar-refractivity contribution in [3.8, 4) is 0 Å². The van der Waals surface area contributed by atoms with Crippen molar-refractivity contribution in [3.63, 3.8) is 0 Å². The van der Waals surface area contributed by atoms with Gasteiger partial charge in [-0.2, -0.15) is 0 Å². The van der Waals surface area contributed by atoms with Crippen molar-refractivity contribution >= 4 is 29.7 Å². The molecule has 0 spiro atoms. The van der Waals surface area contributed by atoms with Crippen LogP contribution in [0.4, 0.5) is 30.1 Å². The highest BCUT2D eigenvalue weighted by Crippen LogP contribution is 2.31. The Balaban J connectivity index is 1.41. The van der Waals surface area contributed by atoms with E-state index in [2.05, 4.69) is 15.4 Å². The minimum absolute atomic E-state index is 0.0950. The Morgan fingerprint density at radius 3 is 2.86 bits per heavy atom. The van der Waals surface area contributed by atoms with Crippen LogP contribution in [0.5, 0.6) is 0 Å². The quantitative estimate of drug-likeness (QED) is 0.727. The van der Waals surface area contributed by atoms with Crippen LogP contribution in [0.3, 0.4) is 0 Å². The third-order valence-electron chi connectivity index (χ3n) is 4.95. The van der Waals surface area contributed by atoms with E-state index >= 15 is 0 Å². The standard InChI is InChI=1S/C17H19FN4O6/c1-26-15(23)19-5-10-6-22(17(25)27-10)9-2-3-13(11(18)4-9)21-7-12-14(8-21)28-16(24)20-12/h2-4,10,12,14H,5-8H2,1H3,(H,19,23)(H,20,24). The van der Waals surface area contributed by atoms with Crippen LogP contribution in [0.25, 0.3) is 0 Å². The minimum Gasteiger partial charge on any atom is -0.453 e. The number of alkyl carbamates (subject to hydrolysis) is 2. The lowest BCUT2D eigenvalue weighted by atomic mass is 10.2. The number of hydrogen-bond donors (Lipinski definition) is 2.